The van der Waals surface area contributed by atoms with Gasteiger partial charge in [-0.3, -0.25) is 0 Å². The predicted octanol–water partition coefficient (Wildman–Crippen LogP) is 2.23. The molecular formula is C12H10O. The molecule has 2 aliphatic rings. The summed E-state index contributed by atoms with van der Waals surface area (Å²) in [6.07, 6.45) is 4.65. The second kappa shape index (κ2) is 2.33. The second-order valence-corrected chi connectivity index (χ2v) is 3.61. The topological polar surface area (TPSA) is 20.2 Å². The molecule has 0 aliphatic heterocycles. The Morgan fingerprint density at radius 1 is 1.23 bits per heavy atom. The van der Waals surface area contributed by atoms with E-state index in [0.29, 0.717) is 0 Å². The second-order valence-electron chi connectivity index (χ2n) is 3.61. The molecule has 0 heterocycles. The summed E-state index contributed by atoms with van der Waals surface area (Å²) in [5, 5.41) is 9.44. The zero-order chi connectivity index (χ0) is 8.84. The Hall–Kier alpha value is -1.34. The fourth-order valence-corrected chi connectivity index (χ4v) is 2.15. The minimum atomic E-state index is -0.269. The highest BCUT2D eigenvalue weighted by Gasteiger charge is 2.25. The lowest BCUT2D eigenvalue weighted by Gasteiger charge is -1.98. The van der Waals surface area contributed by atoms with E-state index in [-0.39, 0.29) is 6.10 Å². The summed E-state index contributed by atoms with van der Waals surface area (Å²) in [5.74, 6) is 0. The maximum Gasteiger partial charge on any atom is 0.0770 e. The van der Waals surface area contributed by atoms with Crippen LogP contribution < -0.4 is 0 Å². The van der Waals surface area contributed by atoms with Crippen LogP contribution in [0.15, 0.2) is 35.9 Å². The fraction of sp³-hybridized carbons (Fsp3) is 0.167. The summed E-state index contributed by atoms with van der Waals surface area (Å²) in [6.45, 7) is 0. The van der Waals surface area contributed by atoms with Gasteiger partial charge in [-0.05, 0) is 28.3 Å². The summed E-state index contributed by atoms with van der Waals surface area (Å²) in [4.78, 5) is 0. The van der Waals surface area contributed by atoms with Crippen molar-refractivity contribution in [3.8, 4) is 0 Å². The molecule has 1 unspecified atom stereocenters. The molecule has 2 aliphatic carbocycles. The third kappa shape index (κ3) is 0.909. The number of fused-ring (bicyclic) bond motifs is 3. The van der Waals surface area contributed by atoms with Crippen LogP contribution in [-0.2, 0) is 0 Å². The van der Waals surface area contributed by atoms with Gasteiger partial charge in [0.1, 0.15) is 0 Å². The predicted molar refractivity (Wildman–Crippen MR) is 53.0 cm³/mol. The van der Waals surface area contributed by atoms with Crippen molar-refractivity contribution < 1.29 is 5.11 Å². The first-order valence-electron chi connectivity index (χ1n) is 4.55. The van der Waals surface area contributed by atoms with E-state index in [1.165, 1.54) is 22.3 Å². The SMILES string of the molecule is OC1C=C2C(=Cc3ccccc32)C1. The van der Waals surface area contributed by atoms with E-state index in [1.54, 1.807) is 0 Å². The highest BCUT2D eigenvalue weighted by Crippen LogP contribution is 2.41. The van der Waals surface area contributed by atoms with E-state index in [0.717, 1.165) is 6.42 Å². The van der Waals surface area contributed by atoms with Crippen LogP contribution in [0.3, 0.4) is 0 Å². The van der Waals surface area contributed by atoms with Crippen LogP contribution in [0.4, 0.5) is 0 Å². The number of rotatable bonds is 0. The minimum Gasteiger partial charge on any atom is -0.389 e. The van der Waals surface area contributed by atoms with Crippen LogP contribution in [-0.4, -0.2) is 11.2 Å². The number of hydrogen-bond donors (Lipinski definition) is 1. The van der Waals surface area contributed by atoms with E-state index in [4.69, 9.17) is 0 Å². The van der Waals surface area contributed by atoms with Gasteiger partial charge in [-0.15, -0.1) is 0 Å². The molecular weight excluding hydrogens is 160 g/mol. The molecule has 0 saturated carbocycles. The van der Waals surface area contributed by atoms with Crippen molar-refractivity contribution in [2.45, 2.75) is 12.5 Å². The smallest absolute Gasteiger partial charge is 0.0770 e. The fourth-order valence-electron chi connectivity index (χ4n) is 2.15. The van der Waals surface area contributed by atoms with Gasteiger partial charge in [-0.1, -0.05) is 30.3 Å². The summed E-state index contributed by atoms with van der Waals surface area (Å²) in [7, 11) is 0. The molecule has 0 fully saturated rings. The molecule has 64 valence electrons. The maximum atomic E-state index is 9.44. The molecule has 3 rings (SSSR count). The number of aliphatic hydroxyl groups excluding tert-OH is 1. The Kier molecular flexibility index (Phi) is 1.27. The van der Waals surface area contributed by atoms with Gasteiger partial charge in [-0.2, -0.15) is 0 Å². The zero-order valence-corrected chi connectivity index (χ0v) is 7.20. The molecule has 0 radical (unpaired) electrons. The number of benzene rings is 1. The molecule has 1 heteroatoms. The van der Waals surface area contributed by atoms with Crippen molar-refractivity contribution >= 4 is 11.6 Å². The van der Waals surface area contributed by atoms with Gasteiger partial charge in [-0.25, -0.2) is 0 Å². The lowest BCUT2D eigenvalue weighted by Crippen LogP contribution is -1.94. The highest BCUT2D eigenvalue weighted by atomic mass is 16.3. The monoisotopic (exact) mass is 170 g/mol. The zero-order valence-electron chi connectivity index (χ0n) is 7.20. The van der Waals surface area contributed by atoms with Gasteiger partial charge >= 0.3 is 0 Å². The lowest BCUT2D eigenvalue weighted by molar-refractivity contribution is 0.231. The van der Waals surface area contributed by atoms with Gasteiger partial charge in [0.15, 0.2) is 0 Å². The van der Waals surface area contributed by atoms with Crippen LogP contribution in [0.1, 0.15) is 17.5 Å². The van der Waals surface area contributed by atoms with Gasteiger partial charge in [0.05, 0.1) is 6.10 Å². The summed E-state index contributed by atoms with van der Waals surface area (Å²) in [6, 6.07) is 8.33. The third-order valence-corrected chi connectivity index (χ3v) is 2.71. The Bertz CT molecular complexity index is 427. The number of aliphatic hydroxyl groups is 1. The Balaban J connectivity index is 2.22. The molecule has 1 aromatic carbocycles. The van der Waals surface area contributed by atoms with Crippen LogP contribution in [0.2, 0.25) is 0 Å². The van der Waals surface area contributed by atoms with Crippen molar-refractivity contribution in [1.29, 1.82) is 0 Å². The highest BCUT2D eigenvalue weighted by molar-refractivity contribution is 5.96. The molecule has 1 nitrogen and oxygen atoms in total. The van der Waals surface area contributed by atoms with E-state index >= 15 is 0 Å². The van der Waals surface area contributed by atoms with Crippen LogP contribution in [0.25, 0.3) is 11.6 Å². The standard InChI is InChI=1S/C12H10O/c13-10-6-9-5-8-3-1-2-4-11(8)12(9)7-10/h1-5,7,10,13H,6H2. The molecule has 0 aromatic heterocycles. The van der Waals surface area contributed by atoms with Crippen molar-refractivity contribution in [1.82, 2.24) is 0 Å². The normalized spacial score (nSPS) is 23.6. The Labute approximate surface area is 77.0 Å². The summed E-state index contributed by atoms with van der Waals surface area (Å²) >= 11 is 0. The Morgan fingerprint density at radius 2 is 2.08 bits per heavy atom. The minimum absolute atomic E-state index is 0.269. The third-order valence-electron chi connectivity index (χ3n) is 2.71. The van der Waals surface area contributed by atoms with Crippen LogP contribution in [0.5, 0.6) is 0 Å². The van der Waals surface area contributed by atoms with Crippen molar-refractivity contribution in [3.05, 3.63) is 47.0 Å². The Morgan fingerprint density at radius 3 is 3.00 bits per heavy atom. The summed E-state index contributed by atoms with van der Waals surface area (Å²) in [5.41, 5.74) is 5.08. The molecule has 0 amide bonds. The molecule has 1 aromatic rings. The molecule has 1 N–H and O–H groups in total. The largest absolute Gasteiger partial charge is 0.389 e. The van der Waals surface area contributed by atoms with E-state index in [2.05, 4.69) is 18.2 Å². The lowest BCUT2D eigenvalue weighted by atomic mass is 10.1. The van der Waals surface area contributed by atoms with Crippen LogP contribution >= 0.6 is 0 Å². The molecule has 0 saturated heterocycles. The number of hydrogen-bond acceptors (Lipinski definition) is 1. The first kappa shape index (κ1) is 7.10. The van der Waals surface area contributed by atoms with E-state index in [9.17, 15) is 5.11 Å². The van der Waals surface area contributed by atoms with Gasteiger partial charge in [0.2, 0.25) is 0 Å². The van der Waals surface area contributed by atoms with E-state index < -0.39 is 0 Å². The van der Waals surface area contributed by atoms with Crippen molar-refractivity contribution in [2.24, 2.45) is 0 Å². The van der Waals surface area contributed by atoms with Crippen LogP contribution in [0, 0.1) is 0 Å². The van der Waals surface area contributed by atoms with Gasteiger partial charge in [0.25, 0.3) is 0 Å². The van der Waals surface area contributed by atoms with Crippen molar-refractivity contribution in [2.75, 3.05) is 0 Å². The van der Waals surface area contributed by atoms with Gasteiger partial charge in [0, 0.05) is 6.42 Å². The first-order chi connectivity index (χ1) is 6.34. The van der Waals surface area contributed by atoms with Crippen molar-refractivity contribution in [3.63, 3.8) is 0 Å². The average Bonchev–Trinajstić information content (AvgIpc) is 2.60. The number of allylic oxidation sites excluding steroid dienone is 1. The maximum absolute atomic E-state index is 9.44. The molecule has 13 heavy (non-hydrogen) atoms. The molecule has 0 bridgehead atoms. The van der Waals surface area contributed by atoms with Gasteiger partial charge < -0.3 is 5.11 Å². The summed E-state index contributed by atoms with van der Waals surface area (Å²) < 4.78 is 0. The van der Waals surface area contributed by atoms with E-state index in [1.807, 2.05) is 18.2 Å². The molecule has 0 spiro atoms. The average molecular weight is 170 g/mol. The first-order valence-corrected chi connectivity index (χ1v) is 4.55. The quantitative estimate of drug-likeness (QED) is 0.633. The molecule has 1 atom stereocenters.